The maximum Gasteiger partial charge on any atom is 0.505 e. The molecule has 4 N–H and O–H groups in total. The summed E-state index contributed by atoms with van der Waals surface area (Å²) in [6.45, 7) is 2.62. The zero-order valence-electron chi connectivity index (χ0n) is 10.2. The molecule has 0 radical (unpaired) electrons. The lowest BCUT2D eigenvalue weighted by atomic mass is 10.1. The average molecular weight is 236 g/mol. The minimum absolute atomic E-state index is 0.0356. The Morgan fingerprint density at radius 3 is 1.87 bits per heavy atom. The van der Waals surface area contributed by atoms with E-state index in [0.29, 0.717) is 6.54 Å². The molecule has 0 rings (SSSR count). The summed E-state index contributed by atoms with van der Waals surface area (Å²) in [6.07, 6.45) is 1.62. The van der Waals surface area contributed by atoms with Gasteiger partial charge in [0.05, 0.1) is 0 Å². The van der Waals surface area contributed by atoms with Gasteiger partial charge in [-0.15, -0.1) is 0 Å². The van der Waals surface area contributed by atoms with E-state index in [-0.39, 0.29) is 11.6 Å². The van der Waals surface area contributed by atoms with E-state index in [1.54, 1.807) is 21.3 Å². The van der Waals surface area contributed by atoms with E-state index in [1.165, 1.54) is 0 Å². The van der Waals surface area contributed by atoms with Crippen molar-refractivity contribution in [2.24, 2.45) is 11.5 Å². The van der Waals surface area contributed by atoms with E-state index >= 15 is 0 Å². The molecule has 0 spiro atoms. The van der Waals surface area contributed by atoms with Crippen molar-refractivity contribution in [3.05, 3.63) is 0 Å². The zero-order valence-corrected chi connectivity index (χ0v) is 11.2. The lowest BCUT2D eigenvalue weighted by molar-refractivity contribution is 0.105. The maximum absolute atomic E-state index is 6.07. The van der Waals surface area contributed by atoms with Crippen LogP contribution in [0.25, 0.3) is 0 Å². The normalized spacial score (nSPS) is 16.4. The molecular formula is C9H24N2O3Si. The van der Waals surface area contributed by atoms with E-state index in [0.717, 1.165) is 12.8 Å². The molecular weight excluding hydrogens is 212 g/mol. The standard InChI is InChI=1S/C9H24N2O3Si/c1-5-9(8(11)6-7-10)15(12-2,13-3)14-4/h8-9H,5-7,10-11H2,1-4H3. The molecule has 0 aromatic rings. The van der Waals surface area contributed by atoms with E-state index in [9.17, 15) is 0 Å². The Balaban J connectivity index is 4.72. The fourth-order valence-corrected chi connectivity index (χ4v) is 4.51. The predicted molar refractivity (Wildman–Crippen MR) is 62.5 cm³/mol. The van der Waals surface area contributed by atoms with Crippen LogP contribution in [0.15, 0.2) is 0 Å². The molecule has 0 aliphatic rings. The van der Waals surface area contributed by atoms with Gasteiger partial charge in [0.1, 0.15) is 0 Å². The van der Waals surface area contributed by atoms with Crippen molar-refractivity contribution < 1.29 is 13.3 Å². The summed E-state index contributed by atoms with van der Waals surface area (Å²) < 4.78 is 16.3. The molecule has 92 valence electrons. The largest absolute Gasteiger partial charge is 0.505 e. The van der Waals surface area contributed by atoms with Gasteiger partial charge in [-0.2, -0.15) is 0 Å². The van der Waals surface area contributed by atoms with Gasteiger partial charge in [-0.25, -0.2) is 0 Å². The van der Waals surface area contributed by atoms with E-state index in [2.05, 4.69) is 6.92 Å². The molecule has 0 aliphatic carbocycles. The Kier molecular flexibility index (Phi) is 7.32. The Labute approximate surface area is 93.4 Å². The van der Waals surface area contributed by atoms with Crippen LogP contribution >= 0.6 is 0 Å². The summed E-state index contributed by atoms with van der Waals surface area (Å²) >= 11 is 0. The lowest BCUT2D eigenvalue weighted by Gasteiger charge is -2.35. The van der Waals surface area contributed by atoms with Gasteiger partial charge in [-0.05, 0) is 19.4 Å². The number of nitrogens with two attached hydrogens (primary N) is 2. The van der Waals surface area contributed by atoms with Crippen molar-refractivity contribution in [1.82, 2.24) is 0 Å². The van der Waals surface area contributed by atoms with Crippen LogP contribution in [0.1, 0.15) is 19.8 Å². The molecule has 0 aromatic heterocycles. The minimum atomic E-state index is -2.63. The Hall–Kier alpha value is 0.0169. The van der Waals surface area contributed by atoms with Crippen molar-refractivity contribution in [3.63, 3.8) is 0 Å². The van der Waals surface area contributed by atoms with Gasteiger partial charge in [-0.3, -0.25) is 0 Å². The third-order valence-corrected chi connectivity index (χ3v) is 6.22. The fourth-order valence-electron chi connectivity index (χ4n) is 1.91. The maximum atomic E-state index is 6.07. The second-order valence-electron chi connectivity index (χ2n) is 3.47. The topological polar surface area (TPSA) is 79.7 Å². The van der Waals surface area contributed by atoms with Crippen molar-refractivity contribution in [1.29, 1.82) is 0 Å². The molecule has 15 heavy (non-hydrogen) atoms. The van der Waals surface area contributed by atoms with Crippen LogP contribution in [-0.4, -0.2) is 42.7 Å². The van der Waals surface area contributed by atoms with Gasteiger partial charge >= 0.3 is 8.80 Å². The Morgan fingerprint density at radius 1 is 1.13 bits per heavy atom. The quantitative estimate of drug-likeness (QED) is 0.593. The Morgan fingerprint density at radius 2 is 1.60 bits per heavy atom. The SMILES string of the molecule is CCC(C(N)CCN)[Si](OC)(OC)OC. The fraction of sp³-hybridized carbons (Fsp3) is 1.00. The van der Waals surface area contributed by atoms with Crippen molar-refractivity contribution in [3.8, 4) is 0 Å². The minimum Gasteiger partial charge on any atom is -0.377 e. The number of hydrogen-bond acceptors (Lipinski definition) is 5. The third-order valence-electron chi connectivity index (χ3n) is 2.76. The first kappa shape index (κ1) is 15.0. The predicted octanol–water partition coefficient (Wildman–Crippen LogP) is 0.321. The van der Waals surface area contributed by atoms with Crippen LogP contribution in [0.4, 0.5) is 0 Å². The molecule has 2 unspecified atom stereocenters. The summed E-state index contributed by atoms with van der Waals surface area (Å²) in [5, 5.41) is 0. The molecule has 5 nitrogen and oxygen atoms in total. The number of hydrogen-bond donors (Lipinski definition) is 2. The van der Waals surface area contributed by atoms with Crippen LogP contribution < -0.4 is 11.5 Å². The van der Waals surface area contributed by atoms with Crippen molar-refractivity contribution in [2.45, 2.75) is 31.3 Å². The summed E-state index contributed by atoms with van der Waals surface area (Å²) in [7, 11) is 2.20. The summed E-state index contributed by atoms with van der Waals surface area (Å²) in [6, 6.07) is -0.0356. The highest BCUT2D eigenvalue weighted by molar-refractivity contribution is 6.62. The second kappa shape index (κ2) is 7.32. The molecule has 6 heteroatoms. The highest BCUT2D eigenvalue weighted by atomic mass is 28.4. The molecule has 0 bridgehead atoms. The molecule has 0 aliphatic heterocycles. The van der Waals surface area contributed by atoms with Gasteiger partial charge in [0, 0.05) is 32.9 Å². The van der Waals surface area contributed by atoms with Crippen molar-refractivity contribution >= 4 is 8.80 Å². The summed E-state index contributed by atoms with van der Waals surface area (Å²) in [5.74, 6) is 0. The van der Waals surface area contributed by atoms with Gasteiger partial charge in [-0.1, -0.05) is 6.92 Å². The van der Waals surface area contributed by atoms with Crippen molar-refractivity contribution in [2.75, 3.05) is 27.9 Å². The highest BCUT2D eigenvalue weighted by Gasteiger charge is 2.48. The smallest absolute Gasteiger partial charge is 0.377 e. The van der Waals surface area contributed by atoms with Gasteiger partial charge in [0.15, 0.2) is 0 Å². The summed E-state index contributed by atoms with van der Waals surface area (Å²) in [5.41, 5.74) is 11.7. The van der Waals surface area contributed by atoms with Gasteiger partial charge < -0.3 is 24.7 Å². The van der Waals surface area contributed by atoms with E-state index in [4.69, 9.17) is 24.7 Å². The lowest BCUT2D eigenvalue weighted by Crippen LogP contribution is -2.53. The van der Waals surface area contributed by atoms with Crippen LogP contribution in [-0.2, 0) is 13.3 Å². The average Bonchev–Trinajstić information content (AvgIpc) is 2.26. The summed E-state index contributed by atoms with van der Waals surface area (Å²) in [4.78, 5) is 0. The molecule has 0 aromatic carbocycles. The van der Waals surface area contributed by atoms with E-state index < -0.39 is 8.80 Å². The molecule has 0 amide bonds. The molecule has 0 saturated carbocycles. The Bertz CT molecular complexity index is 159. The second-order valence-corrected chi connectivity index (χ2v) is 6.65. The first-order valence-corrected chi connectivity index (χ1v) is 7.03. The molecule has 2 atom stereocenters. The third kappa shape index (κ3) is 3.51. The highest BCUT2D eigenvalue weighted by Crippen LogP contribution is 2.30. The van der Waals surface area contributed by atoms with E-state index in [1.807, 2.05) is 0 Å². The number of rotatable bonds is 8. The van der Waals surface area contributed by atoms with Crippen LogP contribution in [0.3, 0.4) is 0 Å². The zero-order chi connectivity index (χ0) is 11.9. The first-order valence-electron chi connectivity index (χ1n) is 5.22. The molecule has 0 heterocycles. The van der Waals surface area contributed by atoms with Crippen LogP contribution in [0.5, 0.6) is 0 Å². The molecule has 0 saturated heterocycles. The first-order chi connectivity index (χ1) is 7.11. The van der Waals surface area contributed by atoms with Crippen LogP contribution in [0, 0.1) is 0 Å². The van der Waals surface area contributed by atoms with Gasteiger partial charge in [0.25, 0.3) is 0 Å². The monoisotopic (exact) mass is 236 g/mol. The molecule has 0 fully saturated rings. The van der Waals surface area contributed by atoms with Gasteiger partial charge in [0.2, 0.25) is 0 Å². The van der Waals surface area contributed by atoms with Crippen LogP contribution in [0.2, 0.25) is 5.54 Å².